The lowest BCUT2D eigenvalue weighted by Crippen LogP contribution is -2.18. The number of ketones is 1. The van der Waals surface area contributed by atoms with E-state index in [1.807, 2.05) is 16.7 Å². The minimum Gasteiger partial charge on any atom is -0.336 e. The van der Waals surface area contributed by atoms with Gasteiger partial charge in [-0.2, -0.15) is 0 Å². The van der Waals surface area contributed by atoms with E-state index >= 15 is 0 Å². The summed E-state index contributed by atoms with van der Waals surface area (Å²) >= 11 is 0. The van der Waals surface area contributed by atoms with Gasteiger partial charge in [-0.1, -0.05) is 18.2 Å². The summed E-state index contributed by atoms with van der Waals surface area (Å²) in [6.07, 6.45) is 4.01. The van der Waals surface area contributed by atoms with E-state index in [1.165, 1.54) is 12.1 Å². The number of Topliss-reactive ketones (excluding diaryl/α,β-unsaturated/α-hetero) is 1. The summed E-state index contributed by atoms with van der Waals surface area (Å²) < 4.78 is 15.7. The Morgan fingerprint density at radius 3 is 2.69 bits per heavy atom. The lowest BCUT2D eigenvalue weighted by molar-refractivity contribution is 0.0706. The number of aromatic nitrogens is 1. The number of hydrogen-bond acceptors (Lipinski definition) is 3. The standard InChI is InChI=1S/C20H15FN2O3/c21-14-8-9-16-15(10-14)19-17(2-1-3-18(19)24)23(16)11-12-4-6-13(7-5-12)20(25)22-26/h1-2,4-10,26H,3,11H2,(H,22,25). The molecule has 26 heavy (non-hydrogen) atoms. The maximum absolute atomic E-state index is 13.7. The molecule has 6 heteroatoms. The number of fused-ring (bicyclic) bond motifs is 3. The highest BCUT2D eigenvalue weighted by molar-refractivity contribution is 6.13. The minimum atomic E-state index is -0.579. The first-order valence-electron chi connectivity index (χ1n) is 8.13. The van der Waals surface area contributed by atoms with Crippen molar-refractivity contribution < 1.29 is 19.2 Å². The fraction of sp³-hybridized carbons (Fsp3) is 0.100. The Kier molecular flexibility index (Phi) is 3.89. The van der Waals surface area contributed by atoms with Gasteiger partial charge in [0.05, 0.1) is 11.3 Å². The molecular formula is C20H15FN2O3. The van der Waals surface area contributed by atoms with E-state index in [0.717, 1.165) is 16.8 Å². The highest BCUT2D eigenvalue weighted by atomic mass is 19.1. The lowest BCUT2D eigenvalue weighted by atomic mass is 9.99. The molecule has 1 aliphatic rings. The average molecular weight is 350 g/mol. The Morgan fingerprint density at radius 2 is 1.96 bits per heavy atom. The van der Waals surface area contributed by atoms with Crippen molar-refractivity contribution in [1.29, 1.82) is 0 Å². The Hall–Kier alpha value is -3.25. The summed E-state index contributed by atoms with van der Waals surface area (Å²) in [5, 5.41) is 9.31. The summed E-state index contributed by atoms with van der Waals surface area (Å²) in [6, 6.07) is 11.2. The largest absolute Gasteiger partial charge is 0.336 e. The van der Waals surface area contributed by atoms with Crippen LogP contribution in [0.1, 0.15) is 38.4 Å². The number of halogens is 1. The smallest absolute Gasteiger partial charge is 0.274 e. The molecule has 3 aromatic rings. The number of allylic oxidation sites excluding steroid dienone is 1. The van der Waals surface area contributed by atoms with Gasteiger partial charge in [0.1, 0.15) is 5.82 Å². The van der Waals surface area contributed by atoms with Crippen molar-refractivity contribution in [2.45, 2.75) is 13.0 Å². The van der Waals surface area contributed by atoms with E-state index in [0.29, 0.717) is 29.5 Å². The van der Waals surface area contributed by atoms with Crippen molar-refractivity contribution in [3.63, 3.8) is 0 Å². The van der Waals surface area contributed by atoms with Gasteiger partial charge in [-0.05, 0) is 42.0 Å². The van der Waals surface area contributed by atoms with Gasteiger partial charge in [-0.25, -0.2) is 9.87 Å². The van der Waals surface area contributed by atoms with Crippen LogP contribution in [0, 0.1) is 5.82 Å². The SMILES string of the molecule is O=C(NO)c1ccc(Cn2c3c(c4cc(F)ccc42)C(=O)CC=C3)cc1. The molecule has 2 N–H and O–H groups in total. The van der Waals surface area contributed by atoms with Crippen LogP contribution in [0.2, 0.25) is 0 Å². The summed E-state index contributed by atoms with van der Waals surface area (Å²) in [5.74, 6) is -0.977. The van der Waals surface area contributed by atoms with Gasteiger partial charge in [0.15, 0.2) is 5.78 Å². The number of hydroxylamine groups is 1. The van der Waals surface area contributed by atoms with E-state index in [4.69, 9.17) is 5.21 Å². The highest BCUT2D eigenvalue weighted by Crippen LogP contribution is 2.32. The lowest BCUT2D eigenvalue weighted by Gasteiger charge is -2.12. The first-order valence-corrected chi connectivity index (χ1v) is 8.13. The minimum absolute atomic E-state index is 0.0215. The van der Waals surface area contributed by atoms with Crippen molar-refractivity contribution in [3.8, 4) is 0 Å². The zero-order chi connectivity index (χ0) is 18.3. The predicted molar refractivity (Wildman–Crippen MR) is 94.7 cm³/mol. The van der Waals surface area contributed by atoms with E-state index in [9.17, 15) is 14.0 Å². The summed E-state index contributed by atoms with van der Waals surface area (Å²) in [4.78, 5) is 23.8. The Balaban J connectivity index is 1.81. The Bertz CT molecular complexity index is 1060. The molecule has 5 nitrogen and oxygen atoms in total. The number of nitrogens with zero attached hydrogens (tertiary/aromatic N) is 1. The molecule has 0 bridgehead atoms. The van der Waals surface area contributed by atoms with Crippen LogP contribution in [0.3, 0.4) is 0 Å². The fourth-order valence-electron chi connectivity index (χ4n) is 3.37. The van der Waals surface area contributed by atoms with Crippen LogP contribution in [0.25, 0.3) is 17.0 Å². The molecule has 1 heterocycles. The third kappa shape index (κ3) is 2.60. The van der Waals surface area contributed by atoms with Crippen LogP contribution < -0.4 is 5.48 Å². The van der Waals surface area contributed by atoms with Crippen LogP contribution in [-0.2, 0) is 6.54 Å². The zero-order valence-electron chi connectivity index (χ0n) is 13.7. The molecule has 2 aromatic carbocycles. The molecule has 0 aliphatic heterocycles. The summed E-state index contributed by atoms with van der Waals surface area (Å²) in [7, 11) is 0. The predicted octanol–water partition coefficient (Wildman–Crippen LogP) is 3.55. The molecule has 0 radical (unpaired) electrons. The molecule has 1 amide bonds. The van der Waals surface area contributed by atoms with Crippen molar-refractivity contribution in [2.24, 2.45) is 0 Å². The number of carbonyl (C=O) groups is 2. The fourth-order valence-corrected chi connectivity index (χ4v) is 3.37. The third-order valence-corrected chi connectivity index (χ3v) is 4.58. The van der Waals surface area contributed by atoms with Gasteiger partial charge in [0, 0.05) is 29.4 Å². The maximum Gasteiger partial charge on any atom is 0.274 e. The number of benzene rings is 2. The molecule has 0 saturated heterocycles. The molecule has 0 spiro atoms. The zero-order valence-corrected chi connectivity index (χ0v) is 13.7. The second-order valence-electron chi connectivity index (χ2n) is 6.18. The van der Waals surface area contributed by atoms with Gasteiger partial charge in [0.2, 0.25) is 0 Å². The van der Waals surface area contributed by atoms with Crippen LogP contribution in [-0.4, -0.2) is 21.5 Å². The average Bonchev–Trinajstić information content (AvgIpc) is 2.96. The Morgan fingerprint density at radius 1 is 1.19 bits per heavy atom. The van der Waals surface area contributed by atoms with Crippen molar-refractivity contribution in [2.75, 3.05) is 0 Å². The van der Waals surface area contributed by atoms with Crippen molar-refractivity contribution in [1.82, 2.24) is 10.0 Å². The number of hydrogen-bond donors (Lipinski definition) is 2. The van der Waals surface area contributed by atoms with Crippen molar-refractivity contribution >= 4 is 28.7 Å². The van der Waals surface area contributed by atoms with Gasteiger partial charge in [-0.15, -0.1) is 0 Å². The van der Waals surface area contributed by atoms with Crippen LogP contribution in [0.15, 0.2) is 48.5 Å². The first-order chi connectivity index (χ1) is 12.6. The van der Waals surface area contributed by atoms with Gasteiger partial charge < -0.3 is 4.57 Å². The molecular weight excluding hydrogens is 335 g/mol. The van der Waals surface area contributed by atoms with Crippen LogP contribution >= 0.6 is 0 Å². The summed E-state index contributed by atoms with van der Waals surface area (Å²) in [5.41, 5.74) is 4.95. The Labute approximate surface area is 148 Å². The molecule has 1 aromatic heterocycles. The quantitative estimate of drug-likeness (QED) is 0.561. The second kappa shape index (κ2) is 6.24. The monoisotopic (exact) mass is 350 g/mol. The van der Waals surface area contributed by atoms with Crippen LogP contribution in [0.5, 0.6) is 0 Å². The second-order valence-corrected chi connectivity index (χ2v) is 6.18. The number of amides is 1. The number of nitrogens with one attached hydrogen (secondary N) is 1. The molecule has 0 saturated carbocycles. The molecule has 0 atom stereocenters. The van der Waals surface area contributed by atoms with Gasteiger partial charge in [-0.3, -0.25) is 14.8 Å². The van der Waals surface area contributed by atoms with E-state index in [2.05, 4.69) is 0 Å². The molecule has 130 valence electrons. The third-order valence-electron chi connectivity index (χ3n) is 4.58. The highest BCUT2D eigenvalue weighted by Gasteiger charge is 2.23. The molecule has 0 fully saturated rings. The van der Waals surface area contributed by atoms with E-state index in [-0.39, 0.29) is 11.6 Å². The number of rotatable bonds is 3. The molecule has 4 rings (SSSR count). The maximum atomic E-state index is 13.7. The first kappa shape index (κ1) is 16.2. The van der Waals surface area contributed by atoms with Crippen molar-refractivity contribution in [3.05, 3.63) is 76.7 Å². The van der Waals surface area contributed by atoms with Crippen LogP contribution in [0.4, 0.5) is 4.39 Å². The number of carbonyl (C=O) groups excluding carboxylic acids is 2. The van der Waals surface area contributed by atoms with E-state index in [1.54, 1.807) is 35.8 Å². The molecule has 0 unspecified atom stereocenters. The van der Waals surface area contributed by atoms with Gasteiger partial charge >= 0.3 is 0 Å². The van der Waals surface area contributed by atoms with E-state index < -0.39 is 5.91 Å². The summed E-state index contributed by atoms with van der Waals surface area (Å²) in [6.45, 7) is 0.468. The van der Waals surface area contributed by atoms with Gasteiger partial charge in [0.25, 0.3) is 5.91 Å². The molecule has 1 aliphatic carbocycles. The normalized spacial score (nSPS) is 13.1. The topological polar surface area (TPSA) is 71.3 Å².